The summed E-state index contributed by atoms with van der Waals surface area (Å²) in [6.07, 6.45) is 1.83. The number of ether oxygens (including phenoxy) is 1. The predicted octanol–water partition coefficient (Wildman–Crippen LogP) is 4.45. The molecular weight excluding hydrogens is 354 g/mol. The van der Waals surface area contributed by atoms with Gasteiger partial charge in [0, 0.05) is 32.8 Å². The Morgan fingerprint density at radius 2 is 2.19 bits per heavy atom. The van der Waals surface area contributed by atoms with Gasteiger partial charge in [-0.1, -0.05) is 11.6 Å². The first kappa shape index (κ1) is 13.0. The maximum atomic E-state index is 6.32. The summed E-state index contributed by atoms with van der Waals surface area (Å²) >= 11 is 9.77. The molecule has 0 saturated heterocycles. The number of rotatable bonds is 1. The third kappa shape index (κ3) is 2.17. The number of nitrogens with zero attached hydrogens (tertiary/aromatic N) is 1. The fourth-order valence-corrected chi connectivity index (χ4v) is 3.03. The van der Waals surface area contributed by atoms with E-state index in [-0.39, 0.29) is 0 Å². The molecule has 3 aromatic rings. The van der Waals surface area contributed by atoms with Gasteiger partial charge in [0.05, 0.1) is 11.6 Å². The van der Waals surface area contributed by atoms with Crippen LogP contribution in [0.3, 0.4) is 0 Å². The average Bonchev–Trinajstić information content (AvgIpc) is 2.95. The van der Waals surface area contributed by atoms with Crippen molar-refractivity contribution in [3.63, 3.8) is 0 Å². The molecule has 4 rings (SSSR count). The minimum Gasteiger partial charge on any atom is -0.488 e. The van der Waals surface area contributed by atoms with E-state index in [1.807, 2.05) is 30.5 Å². The molecule has 0 saturated carbocycles. The zero-order valence-corrected chi connectivity index (χ0v) is 13.3. The lowest BCUT2D eigenvalue weighted by Crippen LogP contribution is -2.18. The van der Waals surface area contributed by atoms with E-state index in [0.717, 1.165) is 44.7 Å². The number of nitrogens with one attached hydrogen (secondary N) is 2. The normalized spacial score (nSPS) is 13.6. The lowest BCUT2D eigenvalue weighted by atomic mass is 10.2. The molecule has 0 fully saturated rings. The number of halogens is 2. The van der Waals surface area contributed by atoms with Crippen LogP contribution in [-0.2, 0) is 0 Å². The number of aromatic amines is 1. The molecule has 21 heavy (non-hydrogen) atoms. The highest BCUT2D eigenvalue weighted by atomic mass is 79.9. The molecular formula is C15H11BrClN3O. The van der Waals surface area contributed by atoms with Crippen molar-refractivity contribution in [2.24, 2.45) is 0 Å². The van der Waals surface area contributed by atoms with Crippen molar-refractivity contribution in [3.05, 3.63) is 40.0 Å². The van der Waals surface area contributed by atoms with E-state index in [0.29, 0.717) is 11.6 Å². The molecule has 1 aliphatic rings. The third-order valence-corrected chi connectivity index (χ3v) is 4.80. The highest BCUT2D eigenvalue weighted by molar-refractivity contribution is 9.10. The van der Waals surface area contributed by atoms with Crippen LogP contribution in [0.15, 0.2) is 34.9 Å². The van der Waals surface area contributed by atoms with Crippen molar-refractivity contribution in [1.29, 1.82) is 0 Å². The molecule has 6 heteroatoms. The van der Waals surface area contributed by atoms with Gasteiger partial charge >= 0.3 is 0 Å². The van der Waals surface area contributed by atoms with Gasteiger partial charge in [-0.15, -0.1) is 0 Å². The SMILES string of the molecule is Clc1c(Br)ccc2[nH]c(-c3cnc4c(c3)OCCN4)cc12. The van der Waals surface area contributed by atoms with Crippen LogP contribution in [0.1, 0.15) is 0 Å². The summed E-state index contributed by atoms with van der Waals surface area (Å²) in [6, 6.07) is 7.95. The van der Waals surface area contributed by atoms with Crippen molar-refractivity contribution >= 4 is 44.3 Å². The van der Waals surface area contributed by atoms with E-state index in [2.05, 4.69) is 31.2 Å². The summed E-state index contributed by atoms with van der Waals surface area (Å²) in [6.45, 7) is 1.44. The molecule has 0 unspecified atom stereocenters. The largest absolute Gasteiger partial charge is 0.488 e. The quantitative estimate of drug-likeness (QED) is 0.671. The Bertz CT molecular complexity index is 846. The molecule has 2 aromatic heterocycles. The number of pyridine rings is 1. The van der Waals surface area contributed by atoms with Gasteiger partial charge in [0.15, 0.2) is 11.6 Å². The van der Waals surface area contributed by atoms with Crippen LogP contribution in [0.5, 0.6) is 5.75 Å². The summed E-state index contributed by atoms with van der Waals surface area (Å²) in [7, 11) is 0. The van der Waals surface area contributed by atoms with Gasteiger partial charge in [-0.05, 0) is 40.2 Å². The summed E-state index contributed by atoms with van der Waals surface area (Å²) in [5.41, 5.74) is 2.94. The van der Waals surface area contributed by atoms with Crippen LogP contribution >= 0.6 is 27.5 Å². The van der Waals surface area contributed by atoms with E-state index in [1.54, 1.807) is 0 Å². The van der Waals surface area contributed by atoms with E-state index in [1.165, 1.54) is 0 Å². The fraction of sp³-hybridized carbons (Fsp3) is 0.133. The molecule has 0 radical (unpaired) electrons. The molecule has 0 bridgehead atoms. The summed E-state index contributed by atoms with van der Waals surface area (Å²) in [4.78, 5) is 7.77. The van der Waals surface area contributed by atoms with E-state index >= 15 is 0 Å². The summed E-state index contributed by atoms with van der Waals surface area (Å²) in [5, 5.41) is 4.90. The summed E-state index contributed by atoms with van der Waals surface area (Å²) in [5.74, 6) is 1.58. The van der Waals surface area contributed by atoms with Crippen LogP contribution in [0.2, 0.25) is 5.02 Å². The number of benzene rings is 1. The number of fused-ring (bicyclic) bond motifs is 2. The van der Waals surface area contributed by atoms with Crippen molar-refractivity contribution in [1.82, 2.24) is 9.97 Å². The van der Waals surface area contributed by atoms with Crippen LogP contribution in [0.4, 0.5) is 5.82 Å². The zero-order valence-electron chi connectivity index (χ0n) is 10.9. The predicted molar refractivity (Wildman–Crippen MR) is 88.2 cm³/mol. The van der Waals surface area contributed by atoms with Crippen molar-refractivity contribution in [3.8, 4) is 17.0 Å². The lowest BCUT2D eigenvalue weighted by molar-refractivity contribution is 0.321. The topological polar surface area (TPSA) is 49.9 Å². The Hall–Kier alpha value is -1.72. The Labute approximate surface area is 134 Å². The first-order valence-corrected chi connectivity index (χ1v) is 7.73. The Morgan fingerprint density at radius 3 is 3.10 bits per heavy atom. The van der Waals surface area contributed by atoms with Gasteiger partial charge in [0.25, 0.3) is 0 Å². The van der Waals surface area contributed by atoms with Crippen molar-refractivity contribution < 1.29 is 4.74 Å². The third-order valence-electron chi connectivity index (χ3n) is 3.51. The molecule has 106 valence electrons. The molecule has 1 aromatic carbocycles. The minimum absolute atomic E-state index is 0.656. The smallest absolute Gasteiger partial charge is 0.168 e. The maximum Gasteiger partial charge on any atom is 0.168 e. The van der Waals surface area contributed by atoms with E-state index in [9.17, 15) is 0 Å². The number of anilines is 1. The van der Waals surface area contributed by atoms with Crippen LogP contribution < -0.4 is 10.1 Å². The first-order chi connectivity index (χ1) is 10.2. The molecule has 0 aliphatic carbocycles. The molecule has 1 aliphatic heterocycles. The van der Waals surface area contributed by atoms with Gasteiger partial charge in [-0.25, -0.2) is 4.98 Å². The van der Waals surface area contributed by atoms with Crippen LogP contribution in [0.25, 0.3) is 22.2 Å². The fourth-order valence-electron chi connectivity index (χ4n) is 2.46. The monoisotopic (exact) mass is 363 g/mol. The molecule has 0 atom stereocenters. The lowest BCUT2D eigenvalue weighted by Gasteiger charge is -2.18. The molecule has 0 spiro atoms. The maximum absolute atomic E-state index is 6.32. The standard InChI is InChI=1S/C15H11BrClN3O/c16-10-1-2-11-9(14(10)17)6-12(20-11)8-5-13-15(19-7-8)18-3-4-21-13/h1-2,5-7,20H,3-4H2,(H,18,19). The van der Waals surface area contributed by atoms with E-state index < -0.39 is 0 Å². The number of hydrogen-bond acceptors (Lipinski definition) is 3. The average molecular weight is 365 g/mol. The van der Waals surface area contributed by atoms with Gasteiger partial charge in [0.1, 0.15) is 6.61 Å². The summed E-state index contributed by atoms with van der Waals surface area (Å²) < 4.78 is 6.52. The Balaban J connectivity index is 1.84. The number of aromatic nitrogens is 2. The highest BCUT2D eigenvalue weighted by Gasteiger charge is 2.14. The van der Waals surface area contributed by atoms with Crippen LogP contribution in [0, 0.1) is 0 Å². The molecule has 3 heterocycles. The molecule has 2 N–H and O–H groups in total. The van der Waals surface area contributed by atoms with Crippen LogP contribution in [-0.4, -0.2) is 23.1 Å². The first-order valence-electron chi connectivity index (χ1n) is 6.56. The molecule has 4 nitrogen and oxygen atoms in total. The Morgan fingerprint density at radius 1 is 1.29 bits per heavy atom. The number of hydrogen-bond donors (Lipinski definition) is 2. The number of H-pyrrole nitrogens is 1. The van der Waals surface area contributed by atoms with Gasteiger partial charge in [-0.2, -0.15) is 0 Å². The van der Waals surface area contributed by atoms with Crippen molar-refractivity contribution in [2.75, 3.05) is 18.5 Å². The second-order valence-corrected chi connectivity index (χ2v) is 6.08. The van der Waals surface area contributed by atoms with E-state index in [4.69, 9.17) is 16.3 Å². The second-order valence-electron chi connectivity index (χ2n) is 4.85. The molecule has 0 amide bonds. The minimum atomic E-state index is 0.656. The van der Waals surface area contributed by atoms with Crippen molar-refractivity contribution in [2.45, 2.75) is 0 Å². The van der Waals surface area contributed by atoms with Gasteiger partial charge in [-0.3, -0.25) is 0 Å². The zero-order chi connectivity index (χ0) is 14.4. The second kappa shape index (κ2) is 4.93. The highest BCUT2D eigenvalue weighted by Crippen LogP contribution is 2.35. The van der Waals surface area contributed by atoms with Gasteiger partial charge in [0.2, 0.25) is 0 Å². The van der Waals surface area contributed by atoms with Gasteiger partial charge < -0.3 is 15.0 Å². The Kier molecular flexibility index (Phi) is 3.05.